The molecule has 16 heavy (non-hydrogen) atoms. The van der Waals surface area contributed by atoms with Crippen LogP contribution >= 0.6 is 0 Å². The minimum absolute atomic E-state index is 0.766. The van der Waals surface area contributed by atoms with E-state index in [1.807, 2.05) is 0 Å². The Labute approximate surface area is 100 Å². The van der Waals surface area contributed by atoms with Crippen molar-refractivity contribution in [1.82, 2.24) is 15.1 Å². The third-order valence-corrected chi connectivity index (χ3v) is 4.38. The molecule has 0 spiro atoms. The zero-order valence-corrected chi connectivity index (χ0v) is 10.9. The molecule has 94 valence electrons. The Bertz CT molecular complexity index is 199. The van der Waals surface area contributed by atoms with Gasteiger partial charge in [-0.25, -0.2) is 0 Å². The molecule has 3 nitrogen and oxygen atoms in total. The van der Waals surface area contributed by atoms with E-state index in [4.69, 9.17) is 0 Å². The monoisotopic (exact) mass is 225 g/mol. The summed E-state index contributed by atoms with van der Waals surface area (Å²) in [6.45, 7) is 8.74. The summed E-state index contributed by atoms with van der Waals surface area (Å²) in [6.07, 6.45) is 5.48. The lowest BCUT2D eigenvalue weighted by molar-refractivity contribution is 0.0778. The molecule has 2 rings (SSSR count). The number of hydrogen-bond donors (Lipinski definition) is 1. The fourth-order valence-corrected chi connectivity index (χ4v) is 3.17. The summed E-state index contributed by atoms with van der Waals surface area (Å²) < 4.78 is 0. The van der Waals surface area contributed by atoms with Crippen molar-refractivity contribution in [1.29, 1.82) is 0 Å². The molecule has 0 amide bonds. The molecule has 0 aromatic carbocycles. The van der Waals surface area contributed by atoms with Crippen molar-refractivity contribution in [2.24, 2.45) is 0 Å². The largest absolute Gasteiger partial charge is 0.317 e. The Morgan fingerprint density at radius 2 is 1.88 bits per heavy atom. The van der Waals surface area contributed by atoms with Crippen LogP contribution in [0.2, 0.25) is 0 Å². The van der Waals surface area contributed by atoms with Crippen molar-refractivity contribution in [3.8, 4) is 0 Å². The summed E-state index contributed by atoms with van der Waals surface area (Å²) in [7, 11) is 2.10. The standard InChI is InChI=1S/C13H27N3/c1-3-15-8-4-5-13(11-15)16-9-6-12(14-2)7-10-16/h12-14H,3-11H2,1-2H3. The number of hydrogen-bond acceptors (Lipinski definition) is 3. The lowest BCUT2D eigenvalue weighted by atomic mass is 9.98. The summed E-state index contributed by atoms with van der Waals surface area (Å²) in [5.41, 5.74) is 0. The second kappa shape index (κ2) is 5.99. The fraction of sp³-hybridized carbons (Fsp3) is 1.00. The smallest absolute Gasteiger partial charge is 0.0223 e. The molecule has 1 N–H and O–H groups in total. The second-order valence-electron chi connectivity index (χ2n) is 5.29. The molecular formula is C13H27N3. The van der Waals surface area contributed by atoms with Crippen LogP contribution in [0.3, 0.4) is 0 Å². The van der Waals surface area contributed by atoms with E-state index in [9.17, 15) is 0 Å². The molecule has 0 aliphatic carbocycles. The van der Waals surface area contributed by atoms with E-state index in [1.165, 1.54) is 58.4 Å². The summed E-state index contributed by atoms with van der Waals surface area (Å²) in [5, 5.41) is 3.41. The van der Waals surface area contributed by atoms with Crippen LogP contribution in [0.5, 0.6) is 0 Å². The van der Waals surface area contributed by atoms with Crippen LogP contribution in [-0.2, 0) is 0 Å². The number of piperidine rings is 2. The molecule has 2 aliphatic heterocycles. The van der Waals surface area contributed by atoms with Gasteiger partial charge in [-0.1, -0.05) is 6.92 Å². The highest BCUT2D eigenvalue weighted by Gasteiger charge is 2.27. The molecule has 1 unspecified atom stereocenters. The lowest BCUT2D eigenvalue weighted by Crippen LogP contribution is -2.52. The average molecular weight is 225 g/mol. The van der Waals surface area contributed by atoms with Gasteiger partial charge < -0.3 is 10.2 Å². The predicted octanol–water partition coefficient (Wildman–Crippen LogP) is 1.15. The normalized spacial score (nSPS) is 30.8. The van der Waals surface area contributed by atoms with Gasteiger partial charge in [-0.15, -0.1) is 0 Å². The van der Waals surface area contributed by atoms with E-state index < -0.39 is 0 Å². The summed E-state index contributed by atoms with van der Waals surface area (Å²) in [6, 6.07) is 1.61. The molecule has 2 aliphatic rings. The van der Waals surface area contributed by atoms with Crippen molar-refractivity contribution in [3.05, 3.63) is 0 Å². The van der Waals surface area contributed by atoms with Gasteiger partial charge in [0, 0.05) is 18.6 Å². The molecule has 0 aromatic rings. The Morgan fingerprint density at radius 3 is 2.50 bits per heavy atom. The van der Waals surface area contributed by atoms with Crippen LogP contribution < -0.4 is 5.32 Å². The first kappa shape index (κ1) is 12.3. The summed E-state index contributed by atoms with van der Waals surface area (Å²) in [5.74, 6) is 0. The number of likely N-dealkylation sites (N-methyl/N-ethyl adjacent to an activating group) is 1. The van der Waals surface area contributed by atoms with Crippen LogP contribution in [0.15, 0.2) is 0 Å². The van der Waals surface area contributed by atoms with E-state index in [2.05, 4.69) is 29.1 Å². The minimum atomic E-state index is 0.766. The van der Waals surface area contributed by atoms with Crippen molar-refractivity contribution in [3.63, 3.8) is 0 Å². The van der Waals surface area contributed by atoms with Crippen molar-refractivity contribution in [2.75, 3.05) is 39.8 Å². The third-order valence-electron chi connectivity index (χ3n) is 4.38. The number of likely N-dealkylation sites (tertiary alicyclic amines) is 2. The molecule has 2 heterocycles. The maximum atomic E-state index is 3.41. The van der Waals surface area contributed by atoms with E-state index in [1.54, 1.807) is 0 Å². The van der Waals surface area contributed by atoms with E-state index >= 15 is 0 Å². The van der Waals surface area contributed by atoms with E-state index in [-0.39, 0.29) is 0 Å². The lowest BCUT2D eigenvalue weighted by Gasteiger charge is -2.42. The Hall–Kier alpha value is -0.120. The van der Waals surface area contributed by atoms with Gasteiger partial charge in [0.1, 0.15) is 0 Å². The molecule has 3 heteroatoms. The number of nitrogens with one attached hydrogen (secondary N) is 1. The predicted molar refractivity (Wildman–Crippen MR) is 68.8 cm³/mol. The molecule has 0 aromatic heterocycles. The maximum absolute atomic E-state index is 3.41. The van der Waals surface area contributed by atoms with Crippen LogP contribution in [0.1, 0.15) is 32.6 Å². The molecule has 1 atom stereocenters. The van der Waals surface area contributed by atoms with Crippen molar-refractivity contribution in [2.45, 2.75) is 44.7 Å². The Balaban J connectivity index is 1.79. The number of rotatable bonds is 3. The van der Waals surface area contributed by atoms with Crippen LogP contribution in [-0.4, -0.2) is 61.7 Å². The molecule has 2 saturated heterocycles. The zero-order valence-electron chi connectivity index (χ0n) is 10.9. The summed E-state index contributed by atoms with van der Waals surface area (Å²) >= 11 is 0. The quantitative estimate of drug-likeness (QED) is 0.777. The van der Waals surface area contributed by atoms with Gasteiger partial charge in [-0.3, -0.25) is 4.90 Å². The van der Waals surface area contributed by atoms with Gasteiger partial charge in [-0.2, -0.15) is 0 Å². The highest BCUT2D eigenvalue weighted by molar-refractivity contribution is 4.85. The fourth-order valence-electron chi connectivity index (χ4n) is 3.17. The minimum Gasteiger partial charge on any atom is -0.317 e. The highest BCUT2D eigenvalue weighted by Crippen LogP contribution is 2.20. The van der Waals surface area contributed by atoms with Crippen molar-refractivity contribution < 1.29 is 0 Å². The Kier molecular flexibility index (Phi) is 4.62. The van der Waals surface area contributed by atoms with Crippen molar-refractivity contribution >= 4 is 0 Å². The molecule has 0 radical (unpaired) electrons. The second-order valence-corrected chi connectivity index (χ2v) is 5.29. The van der Waals surface area contributed by atoms with Crippen LogP contribution in [0.25, 0.3) is 0 Å². The average Bonchev–Trinajstić information content (AvgIpc) is 2.39. The van der Waals surface area contributed by atoms with Gasteiger partial charge in [0.25, 0.3) is 0 Å². The number of nitrogens with zero attached hydrogens (tertiary/aromatic N) is 2. The maximum Gasteiger partial charge on any atom is 0.0223 e. The van der Waals surface area contributed by atoms with Gasteiger partial charge in [0.2, 0.25) is 0 Å². The van der Waals surface area contributed by atoms with Crippen LogP contribution in [0.4, 0.5) is 0 Å². The molecule has 2 fully saturated rings. The van der Waals surface area contributed by atoms with Gasteiger partial charge >= 0.3 is 0 Å². The van der Waals surface area contributed by atoms with E-state index in [0.29, 0.717) is 0 Å². The van der Waals surface area contributed by atoms with Gasteiger partial charge in [0.15, 0.2) is 0 Å². The summed E-state index contributed by atoms with van der Waals surface area (Å²) in [4.78, 5) is 5.34. The molecule has 0 saturated carbocycles. The zero-order chi connectivity index (χ0) is 11.4. The van der Waals surface area contributed by atoms with Gasteiger partial charge in [-0.05, 0) is 58.9 Å². The third kappa shape index (κ3) is 2.96. The first-order valence-corrected chi connectivity index (χ1v) is 6.97. The highest BCUT2D eigenvalue weighted by atomic mass is 15.2. The van der Waals surface area contributed by atoms with Crippen LogP contribution in [0, 0.1) is 0 Å². The molecular weight excluding hydrogens is 198 g/mol. The SMILES string of the molecule is CCN1CCCC(N2CCC(NC)CC2)C1. The topological polar surface area (TPSA) is 18.5 Å². The first-order valence-electron chi connectivity index (χ1n) is 6.97. The Morgan fingerprint density at radius 1 is 1.12 bits per heavy atom. The first-order chi connectivity index (χ1) is 7.83. The van der Waals surface area contributed by atoms with Gasteiger partial charge in [0.05, 0.1) is 0 Å². The molecule has 0 bridgehead atoms. The van der Waals surface area contributed by atoms with E-state index in [0.717, 1.165) is 12.1 Å².